The number of allylic oxidation sites excluding steroid dienone is 1. The second-order valence-electron chi connectivity index (χ2n) is 6.75. The van der Waals surface area contributed by atoms with Gasteiger partial charge in [0.15, 0.2) is 5.82 Å². The minimum atomic E-state index is -0.641. The Kier molecular flexibility index (Phi) is 5.09. The van der Waals surface area contributed by atoms with Crippen molar-refractivity contribution >= 4 is 23.5 Å². The van der Waals surface area contributed by atoms with Crippen LogP contribution in [-0.2, 0) is 4.79 Å². The highest BCUT2D eigenvalue weighted by molar-refractivity contribution is 6.30. The maximum Gasteiger partial charge on any atom is 0.248 e. The van der Waals surface area contributed by atoms with Crippen LogP contribution in [0.2, 0.25) is 5.02 Å². The number of hydrogen-bond donors (Lipinski definition) is 2. The van der Waals surface area contributed by atoms with Gasteiger partial charge in [0.05, 0.1) is 19.8 Å². The van der Waals surface area contributed by atoms with E-state index < -0.39 is 11.9 Å². The molecule has 3 aromatic rings. The van der Waals surface area contributed by atoms with Gasteiger partial charge in [-0.2, -0.15) is 4.98 Å². The average Bonchev–Trinajstić information content (AvgIpc) is 3.16. The van der Waals surface area contributed by atoms with Gasteiger partial charge in [0.2, 0.25) is 11.9 Å². The number of nitrogens with zero attached hydrogens (tertiary/aromatic N) is 3. The molecule has 0 fully saturated rings. The van der Waals surface area contributed by atoms with E-state index in [-0.39, 0.29) is 0 Å². The van der Waals surface area contributed by atoms with Crippen LogP contribution in [0.1, 0.15) is 18.5 Å². The minimum Gasteiger partial charge on any atom is -0.497 e. The molecular weight excluding hydrogens is 406 g/mol. The first-order valence-corrected chi connectivity index (χ1v) is 9.52. The molecule has 1 aliphatic heterocycles. The topological polar surface area (TPSA) is 104 Å². The molecule has 30 heavy (non-hydrogen) atoms. The molecule has 0 spiro atoms. The number of benzene rings is 2. The summed E-state index contributed by atoms with van der Waals surface area (Å²) in [6, 6.07) is 11.9. The average molecular weight is 426 g/mol. The Labute approximate surface area is 178 Å². The summed E-state index contributed by atoms with van der Waals surface area (Å²) in [6.07, 6.45) is 0. The van der Waals surface area contributed by atoms with Crippen LogP contribution in [0.3, 0.4) is 0 Å². The normalized spacial score (nSPS) is 15.4. The summed E-state index contributed by atoms with van der Waals surface area (Å²) in [6.45, 7) is 1.78. The Morgan fingerprint density at radius 3 is 2.53 bits per heavy atom. The lowest BCUT2D eigenvalue weighted by molar-refractivity contribution is -0.115. The largest absolute Gasteiger partial charge is 0.497 e. The maximum atomic E-state index is 12.4. The van der Waals surface area contributed by atoms with Crippen molar-refractivity contribution in [2.45, 2.75) is 13.0 Å². The summed E-state index contributed by atoms with van der Waals surface area (Å²) in [5.74, 6) is 1.59. The molecule has 0 aliphatic carbocycles. The minimum absolute atomic E-state index is 0.363. The molecule has 0 radical (unpaired) electrons. The van der Waals surface area contributed by atoms with Crippen molar-refractivity contribution in [3.8, 4) is 22.9 Å². The molecular formula is C21H20ClN5O3. The molecule has 1 aromatic heterocycles. The molecule has 1 amide bonds. The van der Waals surface area contributed by atoms with Gasteiger partial charge in [-0.15, -0.1) is 5.10 Å². The molecule has 9 heteroatoms. The molecule has 2 heterocycles. The van der Waals surface area contributed by atoms with E-state index in [9.17, 15) is 4.79 Å². The molecule has 0 saturated carbocycles. The van der Waals surface area contributed by atoms with E-state index in [4.69, 9.17) is 26.8 Å². The number of ether oxygens (including phenoxy) is 2. The summed E-state index contributed by atoms with van der Waals surface area (Å²) < 4.78 is 12.6. The zero-order chi connectivity index (χ0) is 21.4. The lowest BCUT2D eigenvalue weighted by atomic mass is 9.94. The number of hydrogen-bond acceptors (Lipinski definition) is 6. The number of halogens is 1. The molecule has 2 aromatic carbocycles. The number of nitrogens with two attached hydrogens (primary N) is 1. The van der Waals surface area contributed by atoms with Gasteiger partial charge in [0.25, 0.3) is 0 Å². The Hall–Kier alpha value is -3.52. The Morgan fingerprint density at radius 1 is 1.17 bits per heavy atom. The van der Waals surface area contributed by atoms with E-state index >= 15 is 0 Å². The van der Waals surface area contributed by atoms with Crippen LogP contribution in [0, 0.1) is 0 Å². The molecule has 154 valence electrons. The smallest absolute Gasteiger partial charge is 0.248 e. The van der Waals surface area contributed by atoms with Crippen LogP contribution < -0.4 is 20.5 Å². The molecule has 1 atom stereocenters. The quantitative estimate of drug-likeness (QED) is 0.649. The van der Waals surface area contributed by atoms with Gasteiger partial charge in [-0.25, -0.2) is 4.68 Å². The highest BCUT2D eigenvalue weighted by Crippen LogP contribution is 2.41. The molecule has 0 bridgehead atoms. The third-order valence-corrected chi connectivity index (χ3v) is 5.20. The van der Waals surface area contributed by atoms with Crippen LogP contribution in [-0.4, -0.2) is 34.9 Å². The second-order valence-corrected chi connectivity index (χ2v) is 7.19. The highest BCUT2D eigenvalue weighted by Gasteiger charge is 2.35. The van der Waals surface area contributed by atoms with Crippen molar-refractivity contribution in [3.05, 3.63) is 64.3 Å². The van der Waals surface area contributed by atoms with Crippen molar-refractivity contribution in [2.24, 2.45) is 5.73 Å². The summed E-state index contributed by atoms with van der Waals surface area (Å²) in [7, 11) is 3.14. The van der Waals surface area contributed by atoms with Crippen molar-refractivity contribution in [2.75, 3.05) is 19.5 Å². The van der Waals surface area contributed by atoms with Crippen molar-refractivity contribution in [1.29, 1.82) is 0 Å². The number of primary amides is 1. The number of methoxy groups -OCH3 is 2. The van der Waals surface area contributed by atoms with E-state index in [1.165, 1.54) is 0 Å². The van der Waals surface area contributed by atoms with Gasteiger partial charge in [0.1, 0.15) is 17.5 Å². The molecule has 8 nitrogen and oxygen atoms in total. The first kappa shape index (κ1) is 19.8. The molecule has 4 rings (SSSR count). The van der Waals surface area contributed by atoms with Crippen LogP contribution in [0.25, 0.3) is 11.4 Å². The number of amides is 1. The van der Waals surface area contributed by atoms with Gasteiger partial charge < -0.3 is 20.5 Å². The van der Waals surface area contributed by atoms with E-state index in [0.29, 0.717) is 45.1 Å². The summed E-state index contributed by atoms with van der Waals surface area (Å²) in [4.78, 5) is 17.0. The predicted molar refractivity (Wildman–Crippen MR) is 114 cm³/mol. The van der Waals surface area contributed by atoms with Gasteiger partial charge >= 0.3 is 0 Å². The molecule has 1 unspecified atom stereocenters. The number of rotatable bonds is 5. The van der Waals surface area contributed by atoms with Gasteiger partial charge in [0, 0.05) is 21.8 Å². The van der Waals surface area contributed by atoms with Crippen LogP contribution >= 0.6 is 11.6 Å². The number of nitrogens with one attached hydrogen (secondary N) is 1. The zero-order valence-corrected chi connectivity index (χ0v) is 17.4. The van der Waals surface area contributed by atoms with Crippen LogP contribution in [0.5, 0.6) is 11.5 Å². The number of carbonyl (C=O) groups is 1. The van der Waals surface area contributed by atoms with E-state index in [0.717, 1.165) is 5.56 Å². The summed E-state index contributed by atoms with van der Waals surface area (Å²) in [5.41, 5.74) is 8.18. The Bertz CT molecular complexity index is 1150. The lowest BCUT2D eigenvalue weighted by Gasteiger charge is -2.28. The number of anilines is 1. The SMILES string of the molecule is COc1ccc(OC)c(C2C(C(N)=O)=C(C)Nc3nc(-c4ccc(Cl)cc4)nn32)c1. The zero-order valence-electron chi connectivity index (χ0n) is 16.6. The Balaban J connectivity index is 1.93. The van der Waals surface area contributed by atoms with Crippen molar-refractivity contribution in [3.63, 3.8) is 0 Å². The number of aromatic nitrogens is 3. The fraction of sp³-hybridized carbons (Fsp3) is 0.190. The van der Waals surface area contributed by atoms with Gasteiger partial charge in [-0.05, 0) is 49.4 Å². The third-order valence-electron chi connectivity index (χ3n) is 4.95. The van der Waals surface area contributed by atoms with Gasteiger partial charge in [-0.1, -0.05) is 11.6 Å². The third kappa shape index (κ3) is 3.35. The van der Waals surface area contributed by atoms with E-state index in [2.05, 4.69) is 15.4 Å². The van der Waals surface area contributed by atoms with Crippen molar-refractivity contribution in [1.82, 2.24) is 14.8 Å². The second kappa shape index (κ2) is 7.72. The van der Waals surface area contributed by atoms with E-state index in [1.54, 1.807) is 56.2 Å². The monoisotopic (exact) mass is 425 g/mol. The van der Waals surface area contributed by atoms with Crippen LogP contribution in [0.4, 0.5) is 5.95 Å². The molecule has 0 saturated heterocycles. The standard InChI is InChI=1S/C21H20ClN5O3/c1-11-17(19(23)28)18(15-10-14(29-2)8-9-16(15)30-3)27-21(24-11)25-20(26-27)12-4-6-13(22)7-5-12/h4-10,18H,1-3H3,(H2,23,28)(H,24,25,26). The number of fused-ring (bicyclic) bond motifs is 1. The van der Waals surface area contributed by atoms with E-state index in [1.807, 2.05) is 12.1 Å². The van der Waals surface area contributed by atoms with Crippen LogP contribution in [0.15, 0.2) is 53.7 Å². The first-order valence-electron chi connectivity index (χ1n) is 9.15. The number of carbonyl (C=O) groups excluding carboxylic acids is 1. The highest BCUT2D eigenvalue weighted by atomic mass is 35.5. The first-order chi connectivity index (χ1) is 14.4. The fourth-order valence-electron chi connectivity index (χ4n) is 3.53. The summed E-state index contributed by atoms with van der Waals surface area (Å²) in [5, 5.41) is 8.42. The molecule has 3 N–H and O–H groups in total. The van der Waals surface area contributed by atoms with Gasteiger partial charge in [-0.3, -0.25) is 4.79 Å². The fourth-order valence-corrected chi connectivity index (χ4v) is 3.66. The lowest BCUT2D eigenvalue weighted by Crippen LogP contribution is -2.32. The Morgan fingerprint density at radius 2 is 1.90 bits per heavy atom. The maximum absolute atomic E-state index is 12.4. The van der Waals surface area contributed by atoms with Crippen molar-refractivity contribution < 1.29 is 14.3 Å². The predicted octanol–water partition coefficient (Wildman–Crippen LogP) is 3.39. The molecule has 1 aliphatic rings. The summed E-state index contributed by atoms with van der Waals surface area (Å²) >= 11 is 6.00.